The van der Waals surface area contributed by atoms with Gasteiger partial charge in [-0.15, -0.1) is 0 Å². The van der Waals surface area contributed by atoms with Crippen LogP contribution in [0.4, 0.5) is 5.95 Å². The second-order valence-electron chi connectivity index (χ2n) is 4.74. The van der Waals surface area contributed by atoms with E-state index >= 15 is 0 Å². The molecule has 1 heterocycles. The summed E-state index contributed by atoms with van der Waals surface area (Å²) in [5.74, 6) is 2.12. The van der Waals surface area contributed by atoms with Gasteiger partial charge in [-0.1, -0.05) is 0 Å². The summed E-state index contributed by atoms with van der Waals surface area (Å²) in [5.41, 5.74) is 1.05. The Bertz CT molecular complexity index is 354. The first-order valence-corrected chi connectivity index (χ1v) is 7.77. The maximum absolute atomic E-state index is 5.15. The molecule has 0 bridgehead atoms. The summed E-state index contributed by atoms with van der Waals surface area (Å²) in [6.07, 6.45) is 5.42. The monoisotopic (exact) mass is 271 g/mol. The Morgan fingerprint density at radius 3 is 2.83 bits per heavy atom. The molecular weight excluding hydrogens is 246 g/mol. The molecule has 0 saturated heterocycles. The van der Waals surface area contributed by atoms with Crippen molar-refractivity contribution in [1.82, 2.24) is 9.55 Å². The van der Waals surface area contributed by atoms with Gasteiger partial charge in [-0.2, -0.15) is 11.8 Å². The van der Waals surface area contributed by atoms with E-state index in [0.29, 0.717) is 12.6 Å². The molecule has 18 heavy (non-hydrogen) atoms. The summed E-state index contributed by atoms with van der Waals surface area (Å²) in [5, 5.41) is 3.41. The molecule has 0 amide bonds. The van der Waals surface area contributed by atoms with E-state index in [4.69, 9.17) is 4.74 Å². The summed E-state index contributed by atoms with van der Waals surface area (Å²) in [7, 11) is 1.72. The Labute approximate surface area is 115 Å². The number of imidazole rings is 1. The summed E-state index contributed by atoms with van der Waals surface area (Å²) in [6.45, 7) is 7.06. The highest BCUT2D eigenvalue weighted by Crippen LogP contribution is 2.20. The van der Waals surface area contributed by atoms with Crippen molar-refractivity contribution in [3.63, 3.8) is 0 Å². The van der Waals surface area contributed by atoms with Gasteiger partial charge < -0.3 is 14.6 Å². The van der Waals surface area contributed by atoms with Gasteiger partial charge in [-0.25, -0.2) is 4.98 Å². The van der Waals surface area contributed by atoms with Crippen LogP contribution in [0.3, 0.4) is 0 Å². The molecule has 2 unspecified atom stereocenters. The van der Waals surface area contributed by atoms with Crippen LogP contribution >= 0.6 is 11.8 Å². The molecule has 0 fully saturated rings. The smallest absolute Gasteiger partial charge is 0.203 e. The predicted molar refractivity (Wildman–Crippen MR) is 79.6 cm³/mol. The summed E-state index contributed by atoms with van der Waals surface area (Å²) in [4.78, 5) is 4.55. The number of thioether (sulfide) groups is 1. The molecule has 1 N–H and O–H groups in total. The number of methoxy groups -OCH3 is 1. The van der Waals surface area contributed by atoms with Crippen molar-refractivity contribution in [3.8, 4) is 0 Å². The van der Waals surface area contributed by atoms with E-state index in [2.05, 4.69) is 41.2 Å². The first-order chi connectivity index (χ1) is 8.58. The fourth-order valence-electron chi connectivity index (χ4n) is 1.90. The topological polar surface area (TPSA) is 39.1 Å². The van der Waals surface area contributed by atoms with Gasteiger partial charge in [0.05, 0.1) is 12.3 Å². The van der Waals surface area contributed by atoms with Crippen LogP contribution in [0, 0.1) is 6.92 Å². The standard InChI is InChI=1S/C13H25N3OS/c1-10-8-16(12(3)6-7-18-5)13(14-10)15-11(2)9-17-4/h8,11-12H,6-7,9H2,1-5H3,(H,14,15). The van der Waals surface area contributed by atoms with Gasteiger partial charge in [0.2, 0.25) is 5.95 Å². The zero-order valence-electron chi connectivity index (χ0n) is 12.1. The SMILES string of the molecule is COCC(C)Nc1nc(C)cn1C(C)CCSC. The number of nitrogens with one attached hydrogen (secondary N) is 1. The van der Waals surface area contributed by atoms with Crippen molar-refractivity contribution >= 4 is 17.7 Å². The Morgan fingerprint density at radius 1 is 1.50 bits per heavy atom. The van der Waals surface area contributed by atoms with Crippen LogP contribution in [0.25, 0.3) is 0 Å². The number of aryl methyl sites for hydroxylation is 1. The van der Waals surface area contributed by atoms with Crippen molar-refractivity contribution < 1.29 is 4.74 Å². The lowest BCUT2D eigenvalue weighted by Crippen LogP contribution is -2.23. The first-order valence-electron chi connectivity index (χ1n) is 6.38. The quantitative estimate of drug-likeness (QED) is 0.789. The van der Waals surface area contributed by atoms with Gasteiger partial charge in [0, 0.05) is 25.4 Å². The third-order valence-electron chi connectivity index (χ3n) is 2.86. The predicted octanol–water partition coefficient (Wildman–Crippen LogP) is 2.95. The van der Waals surface area contributed by atoms with Gasteiger partial charge in [0.25, 0.3) is 0 Å². The van der Waals surface area contributed by atoms with Crippen molar-refractivity contribution in [1.29, 1.82) is 0 Å². The molecule has 0 aliphatic rings. The van der Waals surface area contributed by atoms with Crippen LogP contribution in [0.1, 0.15) is 32.0 Å². The van der Waals surface area contributed by atoms with Gasteiger partial charge in [-0.3, -0.25) is 0 Å². The zero-order chi connectivity index (χ0) is 13.5. The molecule has 1 aromatic heterocycles. The van der Waals surface area contributed by atoms with Crippen molar-refractivity contribution in [2.75, 3.05) is 31.0 Å². The van der Waals surface area contributed by atoms with Crippen LogP contribution in [0.5, 0.6) is 0 Å². The molecule has 1 aromatic rings. The fourth-order valence-corrected chi connectivity index (χ4v) is 2.48. The molecule has 0 aromatic carbocycles. The van der Waals surface area contributed by atoms with Crippen LogP contribution in [-0.4, -0.2) is 41.3 Å². The lowest BCUT2D eigenvalue weighted by atomic mass is 10.2. The third kappa shape index (κ3) is 4.53. The normalized spacial score (nSPS) is 14.5. The van der Waals surface area contributed by atoms with Gasteiger partial charge >= 0.3 is 0 Å². The molecule has 4 nitrogen and oxygen atoms in total. The van der Waals surface area contributed by atoms with Gasteiger partial charge in [0.15, 0.2) is 0 Å². The highest BCUT2D eigenvalue weighted by molar-refractivity contribution is 7.98. The molecule has 1 rings (SSSR count). The van der Waals surface area contributed by atoms with Crippen LogP contribution in [0.15, 0.2) is 6.20 Å². The van der Waals surface area contributed by atoms with E-state index in [1.165, 1.54) is 5.75 Å². The highest BCUT2D eigenvalue weighted by atomic mass is 32.2. The molecule has 2 atom stereocenters. The average Bonchev–Trinajstić information content (AvgIpc) is 2.67. The number of nitrogens with zero attached hydrogens (tertiary/aromatic N) is 2. The number of aromatic nitrogens is 2. The van der Waals surface area contributed by atoms with Crippen molar-refractivity contribution in [2.45, 2.75) is 39.3 Å². The molecule has 104 valence electrons. The van der Waals surface area contributed by atoms with Gasteiger partial charge in [-0.05, 0) is 39.2 Å². The molecule has 0 aliphatic heterocycles. The fraction of sp³-hybridized carbons (Fsp3) is 0.769. The minimum absolute atomic E-state index is 0.267. The van der Waals surface area contributed by atoms with Gasteiger partial charge in [0.1, 0.15) is 0 Å². The van der Waals surface area contributed by atoms with E-state index in [1.807, 2.05) is 18.7 Å². The minimum Gasteiger partial charge on any atom is -0.383 e. The van der Waals surface area contributed by atoms with E-state index in [0.717, 1.165) is 18.1 Å². The number of rotatable bonds is 8. The zero-order valence-corrected chi connectivity index (χ0v) is 12.9. The molecule has 5 heteroatoms. The maximum Gasteiger partial charge on any atom is 0.203 e. The largest absolute Gasteiger partial charge is 0.383 e. The number of hydrogen-bond acceptors (Lipinski definition) is 4. The third-order valence-corrected chi connectivity index (χ3v) is 3.50. The minimum atomic E-state index is 0.267. The lowest BCUT2D eigenvalue weighted by molar-refractivity contribution is 0.190. The van der Waals surface area contributed by atoms with Crippen LogP contribution < -0.4 is 5.32 Å². The summed E-state index contributed by atoms with van der Waals surface area (Å²) < 4.78 is 7.38. The molecule has 0 spiro atoms. The highest BCUT2D eigenvalue weighted by Gasteiger charge is 2.13. The van der Waals surface area contributed by atoms with E-state index < -0.39 is 0 Å². The summed E-state index contributed by atoms with van der Waals surface area (Å²) in [6, 6.07) is 0.735. The second-order valence-corrected chi connectivity index (χ2v) is 5.73. The lowest BCUT2D eigenvalue weighted by Gasteiger charge is -2.19. The van der Waals surface area contributed by atoms with E-state index in [9.17, 15) is 0 Å². The molecule has 0 saturated carbocycles. The Morgan fingerprint density at radius 2 is 2.22 bits per heavy atom. The Kier molecular flexibility index (Phi) is 6.57. The average molecular weight is 271 g/mol. The van der Waals surface area contributed by atoms with Crippen molar-refractivity contribution in [3.05, 3.63) is 11.9 Å². The second kappa shape index (κ2) is 7.69. The summed E-state index contributed by atoms with van der Waals surface area (Å²) >= 11 is 1.89. The number of anilines is 1. The molecular formula is C13H25N3OS. The van der Waals surface area contributed by atoms with E-state index in [-0.39, 0.29) is 6.04 Å². The number of hydrogen-bond donors (Lipinski definition) is 1. The Hall–Kier alpha value is -0.680. The van der Waals surface area contributed by atoms with Crippen LogP contribution in [-0.2, 0) is 4.74 Å². The molecule has 0 aliphatic carbocycles. The van der Waals surface area contributed by atoms with E-state index in [1.54, 1.807) is 7.11 Å². The molecule has 0 radical (unpaired) electrons. The van der Waals surface area contributed by atoms with Crippen molar-refractivity contribution in [2.24, 2.45) is 0 Å². The Balaban J connectivity index is 2.72. The maximum atomic E-state index is 5.15. The number of ether oxygens (including phenoxy) is 1. The van der Waals surface area contributed by atoms with Crippen LogP contribution in [0.2, 0.25) is 0 Å². The first kappa shape index (κ1) is 15.4.